The molecule has 1 aliphatic rings. The second-order valence-electron chi connectivity index (χ2n) is 4.55. The number of allylic oxidation sites excluding steroid dienone is 3. The van der Waals surface area contributed by atoms with E-state index in [-0.39, 0.29) is 0 Å². The van der Waals surface area contributed by atoms with Gasteiger partial charge in [0, 0.05) is 0 Å². The zero-order valence-electron chi connectivity index (χ0n) is 9.44. The molecule has 0 heterocycles. The highest BCUT2D eigenvalue weighted by Gasteiger charge is 2.16. The van der Waals surface area contributed by atoms with Crippen molar-refractivity contribution in [3.8, 4) is 0 Å². The number of hydrogen-bond donors (Lipinski definition) is 0. The van der Waals surface area contributed by atoms with E-state index in [9.17, 15) is 0 Å². The van der Waals surface area contributed by atoms with Crippen molar-refractivity contribution in [3.63, 3.8) is 0 Å². The first-order valence-corrected chi connectivity index (χ1v) is 5.62. The Morgan fingerprint density at radius 3 is 2.14 bits per heavy atom. The highest BCUT2D eigenvalue weighted by molar-refractivity contribution is 5.28. The molecule has 1 aliphatic carbocycles. The highest BCUT2D eigenvalue weighted by Crippen LogP contribution is 2.32. The molecule has 0 atom stereocenters. The van der Waals surface area contributed by atoms with Gasteiger partial charge in [0.25, 0.3) is 0 Å². The third-order valence-corrected chi connectivity index (χ3v) is 3.23. The third kappa shape index (κ3) is 3.17. The first-order chi connectivity index (χ1) is 6.61. The fraction of sp³-hybridized carbons (Fsp3) is 0.571. The van der Waals surface area contributed by atoms with E-state index in [1.54, 1.807) is 0 Å². The fourth-order valence-corrected chi connectivity index (χ4v) is 2.08. The van der Waals surface area contributed by atoms with E-state index in [0.29, 0.717) is 0 Å². The average molecular weight is 190 g/mol. The maximum Gasteiger partial charge on any atom is -0.00705 e. The molecular weight excluding hydrogens is 168 g/mol. The summed E-state index contributed by atoms with van der Waals surface area (Å²) in [6, 6.07) is 0. The molecule has 0 saturated heterocycles. The molecule has 14 heavy (non-hydrogen) atoms. The summed E-state index contributed by atoms with van der Waals surface area (Å²) in [5.74, 6) is 0.750. The van der Waals surface area contributed by atoms with Crippen molar-refractivity contribution in [2.75, 3.05) is 0 Å². The molecule has 0 radical (unpaired) electrons. The van der Waals surface area contributed by atoms with Gasteiger partial charge < -0.3 is 0 Å². The third-order valence-electron chi connectivity index (χ3n) is 3.23. The van der Waals surface area contributed by atoms with Crippen LogP contribution in [0, 0.1) is 5.92 Å². The summed E-state index contributed by atoms with van der Waals surface area (Å²) in [4.78, 5) is 0. The van der Waals surface area contributed by atoms with Crippen molar-refractivity contribution in [1.82, 2.24) is 0 Å². The van der Waals surface area contributed by atoms with Crippen LogP contribution in [0.1, 0.15) is 45.4 Å². The minimum absolute atomic E-state index is 0.750. The molecule has 0 aromatic carbocycles. The Bertz CT molecular complexity index is 239. The first-order valence-electron chi connectivity index (χ1n) is 5.62. The molecule has 0 aromatic rings. The standard InChI is InChI=1S/C14H22/c1-11(2)12(3)10-13(4)14-8-6-5-7-9-14/h14H,1,3-10H2,2H3. The lowest BCUT2D eigenvalue weighted by molar-refractivity contribution is 0.399. The first kappa shape index (κ1) is 11.3. The Morgan fingerprint density at radius 1 is 1.07 bits per heavy atom. The molecule has 0 aromatic heterocycles. The van der Waals surface area contributed by atoms with Crippen molar-refractivity contribution in [2.24, 2.45) is 5.92 Å². The summed E-state index contributed by atoms with van der Waals surface area (Å²) in [6.07, 6.45) is 7.79. The largest absolute Gasteiger partial charge is 0.0992 e. The van der Waals surface area contributed by atoms with Crippen LogP contribution in [0.3, 0.4) is 0 Å². The summed E-state index contributed by atoms with van der Waals surface area (Å²) >= 11 is 0. The van der Waals surface area contributed by atoms with Gasteiger partial charge in [0.05, 0.1) is 0 Å². The maximum atomic E-state index is 4.20. The molecule has 1 rings (SSSR count). The van der Waals surface area contributed by atoms with Gasteiger partial charge in [-0.25, -0.2) is 0 Å². The van der Waals surface area contributed by atoms with Crippen LogP contribution in [0.25, 0.3) is 0 Å². The summed E-state index contributed by atoms with van der Waals surface area (Å²) < 4.78 is 0. The minimum Gasteiger partial charge on any atom is -0.0992 e. The fourth-order valence-electron chi connectivity index (χ4n) is 2.08. The van der Waals surface area contributed by atoms with E-state index < -0.39 is 0 Å². The molecule has 0 aliphatic heterocycles. The average Bonchev–Trinajstić information content (AvgIpc) is 2.19. The Balaban J connectivity index is 2.40. The quantitative estimate of drug-likeness (QED) is 0.447. The summed E-state index contributed by atoms with van der Waals surface area (Å²) in [5, 5.41) is 0. The van der Waals surface area contributed by atoms with Gasteiger partial charge in [-0.1, -0.05) is 50.1 Å². The molecule has 78 valence electrons. The normalized spacial score (nSPS) is 17.8. The van der Waals surface area contributed by atoms with Gasteiger partial charge in [0.1, 0.15) is 0 Å². The van der Waals surface area contributed by atoms with Gasteiger partial charge in [-0.2, -0.15) is 0 Å². The highest BCUT2D eigenvalue weighted by atomic mass is 14.2. The van der Waals surface area contributed by atoms with E-state index in [4.69, 9.17) is 0 Å². The molecule has 0 heteroatoms. The Kier molecular flexibility index (Phi) is 4.19. The smallest absolute Gasteiger partial charge is 0.00705 e. The molecule has 1 fully saturated rings. The van der Waals surface area contributed by atoms with Gasteiger partial charge in [-0.05, 0) is 37.7 Å². The Labute approximate surface area is 88.4 Å². The monoisotopic (exact) mass is 190 g/mol. The molecular formula is C14H22. The van der Waals surface area contributed by atoms with Crippen LogP contribution in [-0.4, -0.2) is 0 Å². The van der Waals surface area contributed by atoms with Crippen LogP contribution in [0.4, 0.5) is 0 Å². The summed E-state index contributed by atoms with van der Waals surface area (Å²) in [6.45, 7) is 14.2. The second kappa shape index (κ2) is 5.19. The van der Waals surface area contributed by atoms with Crippen LogP contribution in [0.2, 0.25) is 0 Å². The van der Waals surface area contributed by atoms with Crippen LogP contribution in [-0.2, 0) is 0 Å². The molecule has 0 bridgehead atoms. The van der Waals surface area contributed by atoms with Gasteiger partial charge in [-0.15, -0.1) is 0 Å². The van der Waals surface area contributed by atoms with Gasteiger partial charge in [0.2, 0.25) is 0 Å². The van der Waals surface area contributed by atoms with Gasteiger partial charge in [0.15, 0.2) is 0 Å². The lowest BCUT2D eigenvalue weighted by atomic mass is 9.82. The minimum atomic E-state index is 0.750. The zero-order valence-corrected chi connectivity index (χ0v) is 9.44. The van der Waals surface area contributed by atoms with Crippen molar-refractivity contribution >= 4 is 0 Å². The van der Waals surface area contributed by atoms with Gasteiger partial charge in [-0.3, -0.25) is 0 Å². The summed E-state index contributed by atoms with van der Waals surface area (Å²) in [5.41, 5.74) is 3.63. The topological polar surface area (TPSA) is 0 Å². The predicted molar refractivity (Wildman–Crippen MR) is 64.3 cm³/mol. The van der Waals surface area contributed by atoms with Crippen LogP contribution in [0.15, 0.2) is 36.5 Å². The molecule has 0 N–H and O–H groups in total. The lowest BCUT2D eigenvalue weighted by Crippen LogP contribution is -2.09. The molecule has 0 nitrogen and oxygen atoms in total. The van der Waals surface area contributed by atoms with Gasteiger partial charge >= 0.3 is 0 Å². The molecule has 0 amide bonds. The van der Waals surface area contributed by atoms with E-state index in [1.807, 2.05) is 6.92 Å². The Morgan fingerprint density at radius 2 is 1.64 bits per heavy atom. The van der Waals surface area contributed by atoms with Crippen molar-refractivity contribution < 1.29 is 0 Å². The van der Waals surface area contributed by atoms with Crippen LogP contribution >= 0.6 is 0 Å². The predicted octanol–water partition coefficient (Wildman–Crippen LogP) is 4.65. The number of rotatable bonds is 4. The van der Waals surface area contributed by atoms with Crippen LogP contribution < -0.4 is 0 Å². The molecule has 0 spiro atoms. The number of hydrogen-bond acceptors (Lipinski definition) is 0. The second-order valence-corrected chi connectivity index (χ2v) is 4.55. The zero-order chi connectivity index (χ0) is 10.6. The molecule has 0 unspecified atom stereocenters. The van der Waals surface area contributed by atoms with E-state index in [2.05, 4.69) is 19.7 Å². The van der Waals surface area contributed by atoms with E-state index >= 15 is 0 Å². The SMILES string of the molecule is C=C(C)C(=C)CC(=C)C1CCCCC1. The van der Waals surface area contributed by atoms with Crippen molar-refractivity contribution in [3.05, 3.63) is 36.5 Å². The Hall–Kier alpha value is -0.780. The van der Waals surface area contributed by atoms with E-state index in [1.165, 1.54) is 37.7 Å². The van der Waals surface area contributed by atoms with Crippen molar-refractivity contribution in [2.45, 2.75) is 45.4 Å². The van der Waals surface area contributed by atoms with E-state index in [0.717, 1.165) is 23.5 Å². The molecule has 1 saturated carbocycles. The lowest BCUT2D eigenvalue weighted by Gasteiger charge is -2.24. The van der Waals surface area contributed by atoms with Crippen LogP contribution in [0.5, 0.6) is 0 Å². The maximum absolute atomic E-state index is 4.20. The van der Waals surface area contributed by atoms with Crippen molar-refractivity contribution in [1.29, 1.82) is 0 Å². The summed E-state index contributed by atoms with van der Waals surface area (Å²) in [7, 11) is 0.